The van der Waals surface area contributed by atoms with Gasteiger partial charge in [0.25, 0.3) is 0 Å². The molecular formula is C10H12BrNS. The van der Waals surface area contributed by atoms with E-state index in [1.807, 2.05) is 11.8 Å². The molecule has 1 fully saturated rings. The Morgan fingerprint density at radius 2 is 2.15 bits per heavy atom. The molecule has 0 saturated heterocycles. The highest BCUT2D eigenvalue weighted by Crippen LogP contribution is 2.44. The first-order chi connectivity index (χ1) is 6.36. The summed E-state index contributed by atoms with van der Waals surface area (Å²) in [5.74, 6) is 3.20. The number of hydrogen-bond acceptors (Lipinski definition) is 1. The maximum atomic E-state index is 3.73. The van der Waals surface area contributed by atoms with Crippen LogP contribution in [0.5, 0.6) is 0 Å². The molecule has 3 rings (SSSR count). The predicted octanol–water partition coefficient (Wildman–Crippen LogP) is 3.79. The van der Waals surface area contributed by atoms with Crippen molar-refractivity contribution in [3.63, 3.8) is 0 Å². The van der Waals surface area contributed by atoms with E-state index < -0.39 is 0 Å². The molecular weight excluding hydrogens is 246 g/mol. The quantitative estimate of drug-likeness (QED) is 0.810. The highest BCUT2D eigenvalue weighted by Gasteiger charge is 2.28. The Morgan fingerprint density at radius 3 is 2.77 bits per heavy atom. The molecule has 0 unspecified atom stereocenters. The lowest BCUT2D eigenvalue weighted by Crippen LogP contribution is -2.09. The number of nitrogens with one attached hydrogen (secondary N) is 1. The molecule has 0 amide bonds. The molecule has 1 aliphatic heterocycles. The number of aromatic nitrogens is 1. The zero-order valence-electron chi connectivity index (χ0n) is 7.40. The number of aromatic amines is 1. The third kappa shape index (κ3) is 1.20. The number of thioether (sulfide) groups is 1. The van der Waals surface area contributed by atoms with E-state index in [1.165, 1.54) is 52.2 Å². The lowest BCUT2D eigenvalue weighted by atomic mass is 9.83. The van der Waals surface area contributed by atoms with E-state index >= 15 is 0 Å². The second-order valence-electron chi connectivity index (χ2n) is 3.93. The number of halogens is 1. The first-order valence-corrected chi connectivity index (χ1v) is 6.78. The first kappa shape index (κ1) is 8.42. The van der Waals surface area contributed by atoms with Crippen molar-refractivity contribution >= 4 is 27.7 Å². The number of hydrogen-bond donors (Lipinski definition) is 1. The van der Waals surface area contributed by atoms with Gasteiger partial charge in [-0.05, 0) is 34.3 Å². The third-order valence-electron chi connectivity index (χ3n) is 3.16. The van der Waals surface area contributed by atoms with Gasteiger partial charge in [0, 0.05) is 33.3 Å². The third-order valence-corrected chi connectivity index (χ3v) is 5.05. The molecule has 1 saturated carbocycles. The minimum Gasteiger partial charge on any atom is -0.360 e. The van der Waals surface area contributed by atoms with Gasteiger partial charge in [-0.1, -0.05) is 6.42 Å². The van der Waals surface area contributed by atoms with Crippen LogP contribution in [0.1, 0.15) is 42.1 Å². The Balaban J connectivity index is 2.01. The Labute approximate surface area is 90.8 Å². The smallest absolute Gasteiger partial charge is 0.0429 e. The van der Waals surface area contributed by atoms with Crippen LogP contribution < -0.4 is 0 Å². The Kier molecular flexibility index (Phi) is 1.98. The highest BCUT2D eigenvalue weighted by molar-refractivity contribution is 9.10. The van der Waals surface area contributed by atoms with Gasteiger partial charge in [-0.3, -0.25) is 0 Å². The number of rotatable bonds is 1. The van der Waals surface area contributed by atoms with E-state index in [4.69, 9.17) is 0 Å². The summed E-state index contributed by atoms with van der Waals surface area (Å²) in [6.07, 6.45) is 4.17. The van der Waals surface area contributed by atoms with Crippen molar-refractivity contribution in [1.29, 1.82) is 0 Å². The van der Waals surface area contributed by atoms with Crippen molar-refractivity contribution in [2.75, 3.05) is 0 Å². The maximum absolute atomic E-state index is 3.73. The van der Waals surface area contributed by atoms with Gasteiger partial charge in [-0.25, -0.2) is 0 Å². The van der Waals surface area contributed by atoms with Crippen molar-refractivity contribution in [2.45, 2.75) is 36.7 Å². The van der Waals surface area contributed by atoms with Gasteiger partial charge in [0.05, 0.1) is 0 Å². The molecule has 0 radical (unpaired) electrons. The van der Waals surface area contributed by atoms with Gasteiger partial charge in [0.2, 0.25) is 0 Å². The Morgan fingerprint density at radius 1 is 1.31 bits per heavy atom. The second kappa shape index (κ2) is 3.06. The monoisotopic (exact) mass is 257 g/mol. The van der Waals surface area contributed by atoms with Gasteiger partial charge in [-0.15, -0.1) is 0 Å². The summed E-state index contributed by atoms with van der Waals surface area (Å²) in [5.41, 5.74) is 4.49. The molecule has 1 nitrogen and oxygen atoms in total. The van der Waals surface area contributed by atoms with Crippen molar-refractivity contribution in [1.82, 2.24) is 4.98 Å². The van der Waals surface area contributed by atoms with Crippen LogP contribution in [0.4, 0.5) is 0 Å². The average molecular weight is 258 g/mol. The predicted molar refractivity (Wildman–Crippen MR) is 60.1 cm³/mol. The topological polar surface area (TPSA) is 15.8 Å². The van der Waals surface area contributed by atoms with Crippen molar-refractivity contribution in [3.05, 3.63) is 21.4 Å². The van der Waals surface area contributed by atoms with E-state index in [1.54, 1.807) is 0 Å². The van der Waals surface area contributed by atoms with Crippen LogP contribution in [0.25, 0.3) is 0 Å². The van der Waals surface area contributed by atoms with Crippen LogP contribution >= 0.6 is 27.7 Å². The molecule has 2 heterocycles. The van der Waals surface area contributed by atoms with Crippen LogP contribution in [0.3, 0.4) is 0 Å². The van der Waals surface area contributed by atoms with Gasteiger partial charge >= 0.3 is 0 Å². The lowest BCUT2D eigenvalue weighted by molar-refractivity contribution is 0.411. The summed E-state index contributed by atoms with van der Waals surface area (Å²) in [6.45, 7) is 0. The van der Waals surface area contributed by atoms with E-state index in [0.717, 1.165) is 5.92 Å². The average Bonchev–Trinajstić information content (AvgIpc) is 2.54. The zero-order valence-corrected chi connectivity index (χ0v) is 9.80. The normalized spacial score (nSPS) is 21.6. The molecule has 0 atom stereocenters. The Hall–Kier alpha value is 0.110. The van der Waals surface area contributed by atoms with Crippen LogP contribution in [0, 0.1) is 0 Å². The SMILES string of the molecule is Brc1c(C2CCC2)[nH]c2c1CSC2. The summed E-state index contributed by atoms with van der Waals surface area (Å²) in [6, 6.07) is 0. The fourth-order valence-corrected chi connectivity index (χ4v) is 4.16. The van der Waals surface area contributed by atoms with E-state index in [-0.39, 0.29) is 0 Å². The second-order valence-corrected chi connectivity index (χ2v) is 5.71. The van der Waals surface area contributed by atoms with Gasteiger partial charge < -0.3 is 4.98 Å². The number of fused-ring (bicyclic) bond motifs is 1. The summed E-state index contributed by atoms with van der Waals surface area (Å²) in [5, 5.41) is 0. The molecule has 1 aromatic heterocycles. The van der Waals surface area contributed by atoms with E-state index in [0.29, 0.717) is 0 Å². The molecule has 0 aromatic carbocycles. The lowest BCUT2D eigenvalue weighted by Gasteiger charge is -2.25. The molecule has 1 aromatic rings. The van der Waals surface area contributed by atoms with E-state index in [9.17, 15) is 0 Å². The van der Waals surface area contributed by atoms with Gasteiger partial charge in [-0.2, -0.15) is 11.8 Å². The van der Waals surface area contributed by atoms with Crippen LogP contribution in [-0.2, 0) is 11.5 Å². The first-order valence-electron chi connectivity index (χ1n) is 4.83. The largest absolute Gasteiger partial charge is 0.360 e. The fourth-order valence-electron chi connectivity index (χ4n) is 2.09. The van der Waals surface area contributed by atoms with E-state index in [2.05, 4.69) is 20.9 Å². The van der Waals surface area contributed by atoms with Crippen LogP contribution in [0.2, 0.25) is 0 Å². The van der Waals surface area contributed by atoms with Crippen LogP contribution in [0.15, 0.2) is 4.47 Å². The summed E-state index contributed by atoms with van der Waals surface area (Å²) < 4.78 is 1.39. The minimum absolute atomic E-state index is 0.824. The summed E-state index contributed by atoms with van der Waals surface area (Å²) in [4.78, 5) is 3.60. The molecule has 70 valence electrons. The molecule has 0 spiro atoms. The minimum atomic E-state index is 0.824. The van der Waals surface area contributed by atoms with Crippen LogP contribution in [-0.4, -0.2) is 4.98 Å². The molecule has 13 heavy (non-hydrogen) atoms. The highest BCUT2D eigenvalue weighted by atomic mass is 79.9. The standard InChI is InChI=1S/C10H12BrNS/c11-9-7-4-13-5-8(7)12-10(9)6-2-1-3-6/h6,12H,1-5H2. The molecule has 3 heteroatoms. The zero-order chi connectivity index (χ0) is 8.84. The molecule has 1 aliphatic carbocycles. The number of H-pyrrole nitrogens is 1. The van der Waals surface area contributed by atoms with Crippen molar-refractivity contribution < 1.29 is 0 Å². The summed E-state index contributed by atoms with van der Waals surface area (Å²) in [7, 11) is 0. The summed E-state index contributed by atoms with van der Waals surface area (Å²) >= 11 is 5.74. The van der Waals surface area contributed by atoms with Gasteiger partial charge in [0.1, 0.15) is 0 Å². The van der Waals surface area contributed by atoms with Gasteiger partial charge in [0.15, 0.2) is 0 Å². The van der Waals surface area contributed by atoms with Crippen molar-refractivity contribution in [3.8, 4) is 0 Å². The molecule has 0 bridgehead atoms. The molecule has 2 aliphatic rings. The molecule has 1 N–H and O–H groups in total. The fraction of sp³-hybridized carbons (Fsp3) is 0.600. The Bertz CT molecular complexity index is 341. The maximum Gasteiger partial charge on any atom is 0.0429 e. The van der Waals surface area contributed by atoms with Crippen molar-refractivity contribution in [2.24, 2.45) is 0 Å².